The summed E-state index contributed by atoms with van der Waals surface area (Å²) in [5.74, 6) is 0.581. The first-order valence-electron chi connectivity index (χ1n) is 7.19. The second-order valence-corrected chi connectivity index (χ2v) is 5.46. The van der Waals surface area contributed by atoms with Crippen molar-refractivity contribution in [3.05, 3.63) is 28.3 Å². The van der Waals surface area contributed by atoms with Crippen LogP contribution in [0.25, 0.3) is 0 Å². The number of benzene rings is 1. The third-order valence-electron chi connectivity index (χ3n) is 3.22. The molecule has 0 saturated carbocycles. The minimum absolute atomic E-state index is 0.173. The van der Waals surface area contributed by atoms with E-state index in [1.54, 1.807) is 6.07 Å². The second-order valence-electron chi connectivity index (χ2n) is 5.46. The monoisotopic (exact) mass is 279 g/mol. The Morgan fingerprint density at radius 2 is 2.10 bits per heavy atom. The van der Waals surface area contributed by atoms with Crippen molar-refractivity contribution in [3.8, 4) is 0 Å². The van der Waals surface area contributed by atoms with Gasteiger partial charge in [-0.15, -0.1) is 0 Å². The molecule has 0 aliphatic rings. The first-order chi connectivity index (χ1) is 9.47. The molecule has 0 heterocycles. The van der Waals surface area contributed by atoms with Crippen LogP contribution < -0.4 is 10.2 Å². The fraction of sp³-hybridized carbons (Fsp3) is 0.600. The van der Waals surface area contributed by atoms with Gasteiger partial charge in [0.15, 0.2) is 0 Å². The normalized spacial score (nSPS) is 10.7. The van der Waals surface area contributed by atoms with Gasteiger partial charge >= 0.3 is 5.69 Å². The van der Waals surface area contributed by atoms with Crippen LogP contribution >= 0.6 is 0 Å². The average molecular weight is 279 g/mol. The highest BCUT2D eigenvalue weighted by Crippen LogP contribution is 2.35. The van der Waals surface area contributed by atoms with Crippen molar-refractivity contribution in [2.75, 3.05) is 30.4 Å². The van der Waals surface area contributed by atoms with E-state index in [-0.39, 0.29) is 10.6 Å². The molecule has 1 aromatic carbocycles. The molecule has 0 bridgehead atoms. The van der Waals surface area contributed by atoms with Gasteiger partial charge in [-0.25, -0.2) is 0 Å². The summed E-state index contributed by atoms with van der Waals surface area (Å²) in [6.45, 7) is 7.90. The molecule has 5 nitrogen and oxygen atoms in total. The molecule has 1 N–H and O–H groups in total. The third kappa shape index (κ3) is 4.40. The average Bonchev–Trinajstić information content (AvgIpc) is 2.41. The summed E-state index contributed by atoms with van der Waals surface area (Å²) in [7, 11) is 1.91. The summed E-state index contributed by atoms with van der Waals surface area (Å²) in [6.07, 6.45) is 1.95. The van der Waals surface area contributed by atoms with E-state index in [2.05, 4.69) is 19.2 Å². The van der Waals surface area contributed by atoms with Crippen LogP contribution in [-0.2, 0) is 0 Å². The highest BCUT2D eigenvalue weighted by molar-refractivity contribution is 5.76. The first kappa shape index (κ1) is 16.3. The maximum Gasteiger partial charge on any atom is 0.315 e. The maximum absolute atomic E-state index is 11.4. The van der Waals surface area contributed by atoms with Crippen molar-refractivity contribution >= 4 is 17.1 Å². The minimum Gasteiger partial charge on any atom is -0.379 e. The summed E-state index contributed by atoms with van der Waals surface area (Å²) < 4.78 is 0. The fourth-order valence-electron chi connectivity index (χ4n) is 2.01. The van der Waals surface area contributed by atoms with Gasteiger partial charge in [0.2, 0.25) is 0 Å². The van der Waals surface area contributed by atoms with Crippen LogP contribution in [0.3, 0.4) is 0 Å². The van der Waals surface area contributed by atoms with Crippen LogP contribution in [0, 0.1) is 16.0 Å². The molecular weight excluding hydrogens is 254 g/mol. The number of hydrogen-bond acceptors (Lipinski definition) is 4. The molecule has 0 atom stereocenters. The number of nitro groups is 1. The van der Waals surface area contributed by atoms with Gasteiger partial charge in [0, 0.05) is 20.1 Å². The van der Waals surface area contributed by atoms with Gasteiger partial charge in [-0.1, -0.05) is 26.8 Å². The van der Waals surface area contributed by atoms with E-state index in [1.807, 2.05) is 31.0 Å². The molecule has 0 aromatic heterocycles. The van der Waals surface area contributed by atoms with Gasteiger partial charge in [0.25, 0.3) is 0 Å². The molecule has 0 radical (unpaired) electrons. The molecule has 0 aliphatic heterocycles. The number of anilines is 2. The Morgan fingerprint density at radius 3 is 2.65 bits per heavy atom. The molecular formula is C15H25N3O2. The molecule has 1 rings (SSSR count). The lowest BCUT2D eigenvalue weighted by molar-refractivity contribution is -0.383. The van der Waals surface area contributed by atoms with Crippen LogP contribution in [-0.4, -0.2) is 25.1 Å². The predicted octanol–water partition coefficient (Wildman–Crippen LogP) is 3.90. The zero-order valence-corrected chi connectivity index (χ0v) is 12.8. The van der Waals surface area contributed by atoms with Crippen molar-refractivity contribution in [3.63, 3.8) is 0 Å². The Labute approximate surface area is 121 Å². The highest BCUT2D eigenvalue weighted by Gasteiger charge is 2.21. The molecule has 0 amide bonds. The SMILES string of the molecule is CCCNc1cccc(N(C)CCC(C)C)c1[N+](=O)[O-]. The van der Waals surface area contributed by atoms with E-state index in [9.17, 15) is 10.1 Å². The van der Waals surface area contributed by atoms with Crippen molar-refractivity contribution in [2.45, 2.75) is 33.6 Å². The Hall–Kier alpha value is -1.78. The smallest absolute Gasteiger partial charge is 0.315 e. The zero-order chi connectivity index (χ0) is 15.1. The van der Waals surface area contributed by atoms with E-state index in [4.69, 9.17) is 0 Å². The van der Waals surface area contributed by atoms with Gasteiger partial charge in [0.1, 0.15) is 11.4 Å². The van der Waals surface area contributed by atoms with E-state index >= 15 is 0 Å². The van der Waals surface area contributed by atoms with Crippen LogP contribution in [0.5, 0.6) is 0 Å². The molecule has 0 unspecified atom stereocenters. The topological polar surface area (TPSA) is 58.4 Å². The Morgan fingerprint density at radius 1 is 1.40 bits per heavy atom. The summed E-state index contributed by atoms with van der Waals surface area (Å²) in [5.41, 5.74) is 1.45. The Balaban J connectivity index is 3.02. The van der Waals surface area contributed by atoms with Crippen molar-refractivity contribution in [1.29, 1.82) is 0 Å². The Bertz CT molecular complexity index is 447. The molecule has 112 valence electrons. The first-order valence-corrected chi connectivity index (χ1v) is 7.19. The highest BCUT2D eigenvalue weighted by atomic mass is 16.6. The summed E-state index contributed by atoms with van der Waals surface area (Å²) >= 11 is 0. The van der Waals surface area contributed by atoms with E-state index in [1.165, 1.54) is 0 Å². The van der Waals surface area contributed by atoms with Crippen LogP contribution in [0.2, 0.25) is 0 Å². The van der Waals surface area contributed by atoms with Crippen LogP contribution in [0.1, 0.15) is 33.6 Å². The van der Waals surface area contributed by atoms with Crippen LogP contribution in [0.4, 0.5) is 17.1 Å². The van der Waals surface area contributed by atoms with Gasteiger partial charge in [0.05, 0.1) is 4.92 Å². The van der Waals surface area contributed by atoms with E-state index in [0.717, 1.165) is 25.9 Å². The Kier molecular flexibility index (Phi) is 6.28. The van der Waals surface area contributed by atoms with Crippen molar-refractivity contribution in [2.24, 2.45) is 5.92 Å². The fourth-order valence-corrected chi connectivity index (χ4v) is 2.01. The lowest BCUT2D eigenvalue weighted by Crippen LogP contribution is -2.21. The summed E-state index contributed by atoms with van der Waals surface area (Å²) in [5, 5.41) is 14.5. The lowest BCUT2D eigenvalue weighted by atomic mass is 10.1. The largest absolute Gasteiger partial charge is 0.379 e. The predicted molar refractivity (Wildman–Crippen MR) is 84.6 cm³/mol. The zero-order valence-electron chi connectivity index (χ0n) is 12.8. The van der Waals surface area contributed by atoms with Crippen molar-refractivity contribution in [1.82, 2.24) is 0 Å². The lowest BCUT2D eigenvalue weighted by Gasteiger charge is -2.21. The van der Waals surface area contributed by atoms with Gasteiger partial charge in [-0.3, -0.25) is 10.1 Å². The molecule has 0 aliphatic carbocycles. The van der Waals surface area contributed by atoms with Crippen molar-refractivity contribution < 1.29 is 4.92 Å². The standard InChI is InChI=1S/C15H25N3O2/c1-5-10-16-13-7-6-8-14(15(13)18(19)20)17(4)11-9-12(2)3/h6-8,12,16H,5,9-11H2,1-4H3. The van der Waals surface area contributed by atoms with E-state index < -0.39 is 0 Å². The number of nitrogens with one attached hydrogen (secondary N) is 1. The quantitative estimate of drug-likeness (QED) is 0.579. The molecule has 5 heteroatoms. The van der Waals surface area contributed by atoms with Gasteiger partial charge in [-0.2, -0.15) is 0 Å². The molecule has 0 spiro atoms. The number of rotatable bonds is 8. The van der Waals surface area contributed by atoms with Crippen LogP contribution in [0.15, 0.2) is 18.2 Å². The number of nitro benzene ring substituents is 1. The van der Waals surface area contributed by atoms with Gasteiger partial charge < -0.3 is 10.2 Å². The third-order valence-corrected chi connectivity index (χ3v) is 3.22. The summed E-state index contributed by atoms with van der Waals surface area (Å²) in [6, 6.07) is 5.45. The second kappa shape index (κ2) is 7.72. The molecule has 1 aromatic rings. The molecule has 0 saturated heterocycles. The van der Waals surface area contributed by atoms with Gasteiger partial charge in [-0.05, 0) is 30.9 Å². The van der Waals surface area contributed by atoms with E-state index in [0.29, 0.717) is 17.3 Å². The summed E-state index contributed by atoms with van der Waals surface area (Å²) in [4.78, 5) is 13.1. The maximum atomic E-state index is 11.4. The number of nitrogens with zero attached hydrogens (tertiary/aromatic N) is 2. The number of para-hydroxylation sites is 1. The minimum atomic E-state index is -0.292. The molecule has 0 fully saturated rings. The molecule has 20 heavy (non-hydrogen) atoms. The number of hydrogen-bond donors (Lipinski definition) is 1.